The number of alkyl halides is 3. The van der Waals surface area contributed by atoms with Crippen molar-refractivity contribution in [2.24, 2.45) is 0 Å². The number of aryl methyl sites for hydroxylation is 1. The van der Waals surface area contributed by atoms with Crippen LogP contribution in [0, 0.1) is 6.92 Å². The highest BCUT2D eigenvalue weighted by Gasteiger charge is 2.30. The monoisotopic (exact) mass is 280 g/mol. The maximum Gasteiger partial charge on any atom is 0.416 e. The van der Waals surface area contributed by atoms with Crippen molar-refractivity contribution in [1.82, 2.24) is 4.98 Å². The van der Waals surface area contributed by atoms with E-state index >= 15 is 0 Å². The molecule has 1 N–H and O–H groups in total. The molecule has 2 aromatic rings. The lowest BCUT2D eigenvalue weighted by atomic mass is 10.1. The molecule has 0 saturated carbocycles. The molecule has 0 unspecified atom stereocenters. The van der Waals surface area contributed by atoms with E-state index in [0.717, 1.165) is 23.4 Å². The van der Waals surface area contributed by atoms with E-state index in [-0.39, 0.29) is 0 Å². The van der Waals surface area contributed by atoms with E-state index in [0.29, 0.717) is 18.7 Å². The molecule has 0 fully saturated rings. The predicted molar refractivity (Wildman–Crippen MR) is 72.6 cm³/mol. The summed E-state index contributed by atoms with van der Waals surface area (Å²) in [6, 6.07) is 9.32. The number of hydrogen-bond donors (Lipinski definition) is 1. The van der Waals surface area contributed by atoms with Gasteiger partial charge in [-0.2, -0.15) is 13.2 Å². The van der Waals surface area contributed by atoms with Crippen LogP contribution in [0.2, 0.25) is 0 Å². The standard InChI is InChI=1S/C15H15F3N2/c1-11-5-6-12(15(16,17)18)10-14(11)20-9-7-13-4-2-3-8-19-13/h2-6,8,10,20H,7,9H2,1H3. The van der Waals surface area contributed by atoms with Gasteiger partial charge >= 0.3 is 6.18 Å². The fourth-order valence-corrected chi connectivity index (χ4v) is 1.86. The Balaban J connectivity index is 2.02. The molecule has 2 rings (SSSR count). The molecule has 0 aliphatic carbocycles. The molecule has 0 aliphatic heterocycles. The Labute approximate surface area is 115 Å². The largest absolute Gasteiger partial charge is 0.416 e. The minimum Gasteiger partial charge on any atom is -0.384 e. The minimum absolute atomic E-state index is 0.510. The van der Waals surface area contributed by atoms with Gasteiger partial charge in [-0.15, -0.1) is 0 Å². The zero-order valence-electron chi connectivity index (χ0n) is 11.0. The zero-order valence-corrected chi connectivity index (χ0v) is 11.0. The molecular formula is C15H15F3N2. The lowest BCUT2D eigenvalue weighted by Crippen LogP contribution is -2.10. The van der Waals surface area contributed by atoms with Crippen molar-refractivity contribution in [2.45, 2.75) is 19.5 Å². The molecule has 1 aromatic heterocycles. The van der Waals surface area contributed by atoms with E-state index in [1.807, 2.05) is 18.2 Å². The molecule has 0 atom stereocenters. The molecule has 0 saturated heterocycles. The van der Waals surface area contributed by atoms with E-state index in [2.05, 4.69) is 10.3 Å². The first kappa shape index (κ1) is 14.4. The van der Waals surface area contributed by atoms with Crippen LogP contribution in [-0.4, -0.2) is 11.5 Å². The first-order valence-corrected chi connectivity index (χ1v) is 6.28. The predicted octanol–water partition coefficient (Wildman–Crippen LogP) is 4.06. The van der Waals surface area contributed by atoms with Crippen molar-refractivity contribution >= 4 is 5.69 Å². The maximum absolute atomic E-state index is 12.6. The normalized spacial score (nSPS) is 11.4. The number of halogens is 3. The molecule has 106 valence electrons. The lowest BCUT2D eigenvalue weighted by molar-refractivity contribution is -0.137. The van der Waals surface area contributed by atoms with Crippen LogP contribution < -0.4 is 5.32 Å². The van der Waals surface area contributed by atoms with Crippen molar-refractivity contribution in [2.75, 3.05) is 11.9 Å². The zero-order chi connectivity index (χ0) is 14.6. The maximum atomic E-state index is 12.6. The number of nitrogens with zero attached hydrogens (tertiary/aromatic N) is 1. The summed E-state index contributed by atoms with van der Waals surface area (Å²) in [5, 5.41) is 3.03. The van der Waals surface area contributed by atoms with Gasteiger partial charge in [0.25, 0.3) is 0 Å². The molecule has 0 bridgehead atoms. The molecule has 0 amide bonds. The molecule has 20 heavy (non-hydrogen) atoms. The number of rotatable bonds is 4. The SMILES string of the molecule is Cc1ccc(C(F)(F)F)cc1NCCc1ccccn1. The third kappa shape index (κ3) is 3.73. The van der Waals surface area contributed by atoms with Gasteiger partial charge < -0.3 is 5.32 Å². The van der Waals surface area contributed by atoms with E-state index in [4.69, 9.17) is 0 Å². The first-order valence-electron chi connectivity index (χ1n) is 6.28. The number of benzene rings is 1. The molecule has 1 heterocycles. The van der Waals surface area contributed by atoms with Crippen molar-refractivity contribution in [3.63, 3.8) is 0 Å². The summed E-state index contributed by atoms with van der Waals surface area (Å²) < 4.78 is 37.9. The van der Waals surface area contributed by atoms with Gasteiger partial charge in [0.2, 0.25) is 0 Å². The Morgan fingerprint density at radius 2 is 1.95 bits per heavy atom. The van der Waals surface area contributed by atoms with Gasteiger partial charge in [-0.05, 0) is 36.8 Å². The average molecular weight is 280 g/mol. The third-order valence-electron chi connectivity index (χ3n) is 2.99. The molecule has 1 aromatic carbocycles. The van der Waals surface area contributed by atoms with Gasteiger partial charge in [-0.3, -0.25) is 4.98 Å². The van der Waals surface area contributed by atoms with E-state index < -0.39 is 11.7 Å². The van der Waals surface area contributed by atoms with Crippen LogP contribution in [0.3, 0.4) is 0 Å². The molecular weight excluding hydrogens is 265 g/mol. The van der Waals surface area contributed by atoms with E-state index in [1.165, 1.54) is 6.07 Å². The van der Waals surface area contributed by atoms with Crippen LogP contribution in [0.1, 0.15) is 16.8 Å². The summed E-state index contributed by atoms with van der Waals surface area (Å²) in [7, 11) is 0. The first-order chi connectivity index (χ1) is 9.47. The van der Waals surface area contributed by atoms with E-state index in [1.54, 1.807) is 13.1 Å². The summed E-state index contributed by atoms with van der Waals surface area (Å²) >= 11 is 0. The molecule has 0 spiro atoms. The Kier molecular flexibility index (Phi) is 4.27. The number of nitrogens with one attached hydrogen (secondary N) is 1. The van der Waals surface area contributed by atoms with Gasteiger partial charge in [0, 0.05) is 30.5 Å². The number of pyridine rings is 1. The second-order valence-electron chi connectivity index (χ2n) is 4.53. The second kappa shape index (κ2) is 5.94. The molecule has 0 radical (unpaired) electrons. The fourth-order valence-electron chi connectivity index (χ4n) is 1.86. The van der Waals surface area contributed by atoms with Crippen LogP contribution in [0.25, 0.3) is 0 Å². The van der Waals surface area contributed by atoms with Crippen molar-refractivity contribution in [3.05, 3.63) is 59.4 Å². The topological polar surface area (TPSA) is 24.9 Å². The van der Waals surface area contributed by atoms with Crippen LogP contribution >= 0.6 is 0 Å². The summed E-state index contributed by atoms with van der Waals surface area (Å²) in [4.78, 5) is 4.17. The number of anilines is 1. The molecule has 0 aliphatic rings. The summed E-state index contributed by atoms with van der Waals surface area (Å²) in [5.74, 6) is 0. The summed E-state index contributed by atoms with van der Waals surface area (Å²) in [6.45, 7) is 2.32. The highest BCUT2D eigenvalue weighted by molar-refractivity contribution is 5.53. The van der Waals surface area contributed by atoms with Crippen molar-refractivity contribution < 1.29 is 13.2 Å². The highest BCUT2D eigenvalue weighted by atomic mass is 19.4. The van der Waals surface area contributed by atoms with Crippen molar-refractivity contribution in [1.29, 1.82) is 0 Å². The fraction of sp³-hybridized carbons (Fsp3) is 0.267. The number of aromatic nitrogens is 1. The Morgan fingerprint density at radius 1 is 1.15 bits per heavy atom. The van der Waals surface area contributed by atoms with Crippen LogP contribution in [0.15, 0.2) is 42.6 Å². The number of hydrogen-bond acceptors (Lipinski definition) is 2. The second-order valence-corrected chi connectivity index (χ2v) is 4.53. The van der Waals surface area contributed by atoms with Crippen LogP contribution in [0.4, 0.5) is 18.9 Å². The van der Waals surface area contributed by atoms with Crippen LogP contribution in [-0.2, 0) is 12.6 Å². The molecule has 5 heteroatoms. The Morgan fingerprint density at radius 3 is 2.60 bits per heavy atom. The van der Waals surface area contributed by atoms with Gasteiger partial charge in [0.1, 0.15) is 0 Å². The van der Waals surface area contributed by atoms with Gasteiger partial charge in [0.15, 0.2) is 0 Å². The lowest BCUT2D eigenvalue weighted by Gasteiger charge is -2.13. The third-order valence-corrected chi connectivity index (χ3v) is 2.99. The van der Waals surface area contributed by atoms with Gasteiger partial charge in [-0.1, -0.05) is 12.1 Å². The average Bonchev–Trinajstić information content (AvgIpc) is 2.41. The quantitative estimate of drug-likeness (QED) is 0.913. The van der Waals surface area contributed by atoms with E-state index in [9.17, 15) is 13.2 Å². The Bertz CT molecular complexity index is 565. The van der Waals surface area contributed by atoms with Crippen LogP contribution in [0.5, 0.6) is 0 Å². The van der Waals surface area contributed by atoms with Gasteiger partial charge in [0.05, 0.1) is 5.56 Å². The van der Waals surface area contributed by atoms with Gasteiger partial charge in [-0.25, -0.2) is 0 Å². The summed E-state index contributed by atoms with van der Waals surface area (Å²) in [5.41, 5.74) is 1.57. The van der Waals surface area contributed by atoms with Crippen molar-refractivity contribution in [3.8, 4) is 0 Å². The molecule has 2 nitrogen and oxygen atoms in total. The highest BCUT2D eigenvalue weighted by Crippen LogP contribution is 2.31. The Hall–Kier alpha value is -2.04. The minimum atomic E-state index is -4.31. The summed E-state index contributed by atoms with van der Waals surface area (Å²) in [6.07, 6.45) is -1.95. The smallest absolute Gasteiger partial charge is 0.384 e.